The van der Waals surface area contributed by atoms with Gasteiger partial charge in [-0.05, 0) is 99.7 Å². The van der Waals surface area contributed by atoms with Crippen LogP contribution < -0.4 is 10.6 Å². The minimum atomic E-state index is -0.715. The molecule has 0 bridgehead atoms. The number of rotatable bonds is 11. The summed E-state index contributed by atoms with van der Waals surface area (Å²) in [5.74, 6) is 0.0233. The number of carbonyl (C=O) groups is 3. The highest BCUT2D eigenvalue weighted by atomic mass is 16.8. The van der Waals surface area contributed by atoms with Crippen LogP contribution in [0.4, 0.5) is 0 Å². The molecule has 2 saturated heterocycles. The van der Waals surface area contributed by atoms with Crippen LogP contribution in [0.3, 0.4) is 0 Å². The predicted molar refractivity (Wildman–Crippen MR) is 189 cm³/mol. The van der Waals surface area contributed by atoms with Crippen molar-refractivity contribution in [3.8, 4) is 0 Å². The number of carbonyl (C=O) groups excluding carboxylic acids is 3. The zero-order chi connectivity index (χ0) is 35.5. The molecule has 2 aliphatic heterocycles. The fourth-order valence-electron chi connectivity index (χ4n) is 9.67. The third-order valence-electron chi connectivity index (χ3n) is 12.9. The normalized spacial score (nSPS) is 35.4. The number of ether oxygens (including phenoxy) is 4. The summed E-state index contributed by atoms with van der Waals surface area (Å²) in [5.41, 5.74) is 3.52. The van der Waals surface area contributed by atoms with Crippen molar-refractivity contribution in [3.05, 3.63) is 52.6 Å². The van der Waals surface area contributed by atoms with Crippen LogP contribution in [0.25, 0.3) is 6.08 Å². The number of aliphatic hydroxyl groups excluding tert-OH is 1. The lowest BCUT2D eigenvalue weighted by Gasteiger charge is -2.53. The molecule has 8 rings (SSSR count). The van der Waals surface area contributed by atoms with Gasteiger partial charge in [0.05, 0.1) is 23.9 Å². The second kappa shape index (κ2) is 13.4. The number of allylic oxidation sites excluding steroid dienone is 1. The number of hydrogen-bond donors (Lipinski definition) is 3. The van der Waals surface area contributed by atoms with E-state index in [4.69, 9.17) is 24.1 Å². The summed E-state index contributed by atoms with van der Waals surface area (Å²) in [5, 5.41) is 14.4. The zero-order valence-electron chi connectivity index (χ0n) is 30.3. The van der Waals surface area contributed by atoms with Crippen LogP contribution in [0.2, 0.25) is 0 Å². The molecule has 10 nitrogen and oxygen atoms in total. The Morgan fingerprint density at radius 3 is 2.45 bits per heavy atom. The summed E-state index contributed by atoms with van der Waals surface area (Å²) >= 11 is 0. The van der Waals surface area contributed by atoms with E-state index in [1.165, 1.54) is 5.57 Å². The fraction of sp³-hybridized carbons (Fsp3) is 0.683. The lowest BCUT2D eigenvalue weighted by atomic mass is 9.52. The molecule has 2 amide bonds. The largest absolute Gasteiger partial charge is 0.456 e. The van der Waals surface area contributed by atoms with Crippen molar-refractivity contribution in [2.24, 2.45) is 29.1 Å². The summed E-state index contributed by atoms with van der Waals surface area (Å²) in [6.07, 6.45) is 12.4. The molecule has 51 heavy (non-hydrogen) atoms. The number of aliphatic hydroxyl groups is 1. The van der Waals surface area contributed by atoms with Crippen molar-refractivity contribution in [1.29, 1.82) is 0 Å². The average Bonchev–Trinajstić information content (AvgIpc) is 4.01. The minimum absolute atomic E-state index is 0.00695. The molecule has 0 spiro atoms. The number of nitrogens with one attached hydrogen (secondary N) is 2. The van der Waals surface area contributed by atoms with Crippen LogP contribution in [-0.2, 0) is 28.5 Å². The fourth-order valence-corrected chi connectivity index (χ4v) is 9.67. The number of benzene rings is 1. The van der Waals surface area contributed by atoms with Crippen LogP contribution in [0.1, 0.15) is 107 Å². The average molecular weight is 703 g/mol. The second-order valence-corrected chi connectivity index (χ2v) is 17.1. The first-order valence-electron chi connectivity index (χ1n) is 19.4. The molecule has 1 aromatic carbocycles. The molecule has 0 radical (unpaired) electrons. The highest BCUT2D eigenvalue weighted by Crippen LogP contribution is 2.61. The maximum Gasteiger partial charge on any atom is 0.339 e. The Balaban J connectivity index is 1.02. The van der Waals surface area contributed by atoms with Crippen molar-refractivity contribution in [1.82, 2.24) is 10.6 Å². The first kappa shape index (κ1) is 35.0. The van der Waals surface area contributed by atoms with Gasteiger partial charge in [0.15, 0.2) is 5.79 Å². The van der Waals surface area contributed by atoms with E-state index in [9.17, 15) is 14.4 Å². The lowest BCUT2D eigenvalue weighted by molar-refractivity contribution is -0.209. The van der Waals surface area contributed by atoms with E-state index in [1.54, 1.807) is 0 Å². The van der Waals surface area contributed by atoms with Gasteiger partial charge < -0.3 is 34.7 Å². The van der Waals surface area contributed by atoms with Gasteiger partial charge in [-0.2, -0.15) is 0 Å². The summed E-state index contributed by atoms with van der Waals surface area (Å²) < 4.78 is 26.1. The van der Waals surface area contributed by atoms with Crippen molar-refractivity contribution in [3.63, 3.8) is 0 Å². The Labute approximate surface area is 301 Å². The third kappa shape index (κ3) is 6.94. The Bertz CT molecular complexity index is 1600. The Kier molecular flexibility index (Phi) is 9.21. The first-order chi connectivity index (χ1) is 24.5. The van der Waals surface area contributed by atoms with E-state index in [0.717, 1.165) is 63.4 Å². The predicted octanol–water partition coefficient (Wildman–Crippen LogP) is 5.23. The van der Waals surface area contributed by atoms with E-state index >= 15 is 0 Å². The molecule has 0 aromatic heterocycles. The molecule has 7 atom stereocenters. The van der Waals surface area contributed by atoms with Crippen molar-refractivity contribution < 1.29 is 38.4 Å². The van der Waals surface area contributed by atoms with Crippen LogP contribution in [0.5, 0.6) is 0 Å². The zero-order valence-corrected chi connectivity index (χ0v) is 30.3. The molecule has 3 N–H and O–H groups in total. The van der Waals surface area contributed by atoms with E-state index < -0.39 is 30.1 Å². The Morgan fingerprint density at radius 1 is 0.961 bits per heavy atom. The summed E-state index contributed by atoms with van der Waals surface area (Å²) in [4.78, 5) is 39.7. The number of hydrogen-bond acceptors (Lipinski definition) is 8. The molecule has 4 saturated carbocycles. The minimum Gasteiger partial charge on any atom is -0.456 e. The van der Waals surface area contributed by atoms with Crippen LogP contribution in [0, 0.1) is 29.1 Å². The molecule has 5 aliphatic carbocycles. The van der Waals surface area contributed by atoms with Crippen molar-refractivity contribution in [2.45, 2.75) is 127 Å². The van der Waals surface area contributed by atoms with Gasteiger partial charge in [0.2, 0.25) is 11.8 Å². The third-order valence-corrected chi connectivity index (χ3v) is 12.9. The van der Waals surface area contributed by atoms with Gasteiger partial charge in [-0.15, -0.1) is 0 Å². The summed E-state index contributed by atoms with van der Waals surface area (Å²) in [6, 6.07) is 7.69. The number of amides is 2. The topological polar surface area (TPSA) is 136 Å². The van der Waals surface area contributed by atoms with E-state index in [2.05, 4.69) is 37.5 Å². The van der Waals surface area contributed by atoms with Gasteiger partial charge in [0, 0.05) is 43.3 Å². The molecule has 6 fully saturated rings. The van der Waals surface area contributed by atoms with Gasteiger partial charge in [-0.3, -0.25) is 9.59 Å². The monoisotopic (exact) mass is 702 g/mol. The Hall–Kier alpha value is -3.05. The molecule has 2 heterocycles. The standard InChI is InChI=1S/C41H54N2O8/c1-39(2)23-30-25(8-13-34-40(3,50-34)16-14-31(30)39)20-24-6-4-5-7-29(24)38(47)48-32-21-26(37(46)43-17-15-35(45)42-18-19-44)22-33-36(32)51-41(49-33,27-9-10-27)28-11-12-28/h4-7,20,22,27-28,30-34,36,44H,8-19,21,23H2,1-3H3,(H,42,45)(H,43,46)/t30-,31-,32-,33-,34?,36+,40-/m1/s1. The Morgan fingerprint density at radius 2 is 1.73 bits per heavy atom. The van der Waals surface area contributed by atoms with Crippen molar-refractivity contribution in [2.75, 3.05) is 19.7 Å². The summed E-state index contributed by atoms with van der Waals surface area (Å²) in [6.45, 7) is 7.20. The van der Waals surface area contributed by atoms with Crippen LogP contribution >= 0.6 is 0 Å². The van der Waals surface area contributed by atoms with Gasteiger partial charge in [-0.1, -0.05) is 43.7 Å². The van der Waals surface area contributed by atoms with E-state index in [0.29, 0.717) is 40.9 Å². The number of esters is 1. The first-order valence-corrected chi connectivity index (χ1v) is 19.4. The highest BCUT2D eigenvalue weighted by molar-refractivity contribution is 5.95. The van der Waals surface area contributed by atoms with Gasteiger partial charge in [0.1, 0.15) is 18.3 Å². The molecule has 1 aromatic rings. The van der Waals surface area contributed by atoms with E-state index in [1.807, 2.05) is 30.3 Å². The van der Waals surface area contributed by atoms with Crippen LogP contribution in [0.15, 0.2) is 41.5 Å². The smallest absolute Gasteiger partial charge is 0.339 e. The maximum absolute atomic E-state index is 14.2. The van der Waals surface area contributed by atoms with Crippen molar-refractivity contribution >= 4 is 23.9 Å². The molecular formula is C41H54N2O8. The van der Waals surface area contributed by atoms with Gasteiger partial charge in [-0.25, -0.2) is 4.79 Å². The van der Waals surface area contributed by atoms with Gasteiger partial charge in [0.25, 0.3) is 0 Å². The molecular weight excluding hydrogens is 648 g/mol. The summed E-state index contributed by atoms with van der Waals surface area (Å²) in [7, 11) is 0. The molecule has 10 heteroatoms. The SMILES string of the molecule is CC1(C)C[C@@H]2C(=Cc3ccccc3C(=O)O[C@@H]3CC(C(=O)NCCC(=O)NCCO)=C[C@H]4OC(C5CC5)(C5CC5)O[C@H]43)CCC3O[C@]3(C)CC[C@H]21. The number of fused-ring (bicyclic) bond motifs is 3. The number of epoxide rings is 1. The van der Waals surface area contributed by atoms with E-state index in [-0.39, 0.29) is 55.4 Å². The molecule has 1 unspecified atom stereocenters. The van der Waals surface area contributed by atoms with Gasteiger partial charge >= 0.3 is 5.97 Å². The molecule has 276 valence electrons. The van der Waals surface area contributed by atoms with Crippen LogP contribution in [-0.4, -0.2) is 78.4 Å². The second-order valence-electron chi connectivity index (χ2n) is 17.1. The quantitative estimate of drug-likeness (QED) is 0.211. The lowest BCUT2D eigenvalue weighted by Crippen LogP contribution is -2.45. The highest BCUT2D eigenvalue weighted by Gasteiger charge is 2.64. The maximum atomic E-state index is 14.2. The molecule has 7 aliphatic rings.